The number of halogens is 3. The van der Waals surface area contributed by atoms with Crippen molar-refractivity contribution in [2.75, 3.05) is 0 Å². The second-order valence-electron chi connectivity index (χ2n) is 4.13. The molecule has 0 aromatic heterocycles. The Bertz CT molecular complexity index is 466. The highest BCUT2D eigenvalue weighted by Crippen LogP contribution is 2.22. The van der Waals surface area contributed by atoms with E-state index in [-0.39, 0.29) is 13.0 Å². The second kappa shape index (κ2) is 7.43. The van der Waals surface area contributed by atoms with Crippen LogP contribution in [0.4, 0.5) is 18.0 Å². The molecule has 108 valence electrons. The first-order valence-electron chi connectivity index (χ1n) is 5.88. The molecule has 0 aliphatic carbocycles. The van der Waals surface area contributed by atoms with Gasteiger partial charge in [0.25, 0.3) is 0 Å². The molecule has 0 saturated heterocycles. The third kappa shape index (κ3) is 6.69. The van der Waals surface area contributed by atoms with Crippen LogP contribution < -0.4 is 5.32 Å². The van der Waals surface area contributed by atoms with E-state index in [2.05, 4.69) is 11.2 Å². The summed E-state index contributed by atoms with van der Waals surface area (Å²) in [5.74, 6) is 2.10. The van der Waals surface area contributed by atoms with Gasteiger partial charge in [-0.2, -0.15) is 13.2 Å². The van der Waals surface area contributed by atoms with E-state index in [1.165, 1.54) is 0 Å². The van der Waals surface area contributed by atoms with Crippen molar-refractivity contribution in [3.63, 3.8) is 0 Å². The van der Waals surface area contributed by atoms with Crippen LogP contribution >= 0.6 is 0 Å². The Balaban J connectivity index is 2.44. The summed E-state index contributed by atoms with van der Waals surface area (Å²) < 4.78 is 41.6. The molecule has 1 amide bonds. The largest absolute Gasteiger partial charge is 0.445 e. The number of rotatable bonds is 5. The van der Waals surface area contributed by atoms with Gasteiger partial charge in [0.1, 0.15) is 6.61 Å². The minimum absolute atomic E-state index is 0.0124. The summed E-state index contributed by atoms with van der Waals surface area (Å²) in [5.41, 5.74) is 0.743. The van der Waals surface area contributed by atoms with E-state index in [4.69, 9.17) is 11.2 Å². The first kappa shape index (κ1) is 15.9. The predicted octanol–water partition coefficient (Wildman–Crippen LogP) is 3.26. The molecule has 0 saturated carbocycles. The third-order valence-corrected chi connectivity index (χ3v) is 2.38. The lowest BCUT2D eigenvalue weighted by Gasteiger charge is -2.17. The molecule has 0 fully saturated rings. The Kier molecular flexibility index (Phi) is 5.91. The van der Waals surface area contributed by atoms with Crippen molar-refractivity contribution in [1.29, 1.82) is 0 Å². The van der Waals surface area contributed by atoms with Crippen LogP contribution in [0.15, 0.2) is 30.3 Å². The van der Waals surface area contributed by atoms with Crippen LogP contribution in [-0.2, 0) is 11.3 Å². The van der Waals surface area contributed by atoms with Crippen LogP contribution in [0, 0.1) is 12.3 Å². The predicted molar refractivity (Wildman–Crippen MR) is 67.7 cm³/mol. The Morgan fingerprint density at radius 2 is 2.00 bits per heavy atom. The number of benzene rings is 1. The van der Waals surface area contributed by atoms with E-state index in [0.717, 1.165) is 5.56 Å². The number of ether oxygens (including phenoxy) is 1. The number of hydrogen-bond acceptors (Lipinski definition) is 2. The fourth-order valence-electron chi connectivity index (χ4n) is 1.53. The smallest absolute Gasteiger partial charge is 0.407 e. The summed E-state index contributed by atoms with van der Waals surface area (Å²) in [7, 11) is 0. The number of terminal acetylenes is 1. The fourth-order valence-corrected chi connectivity index (χ4v) is 1.53. The summed E-state index contributed by atoms with van der Waals surface area (Å²) >= 11 is 0. The van der Waals surface area contributed by atoms with Crippen molar-refractivity contribution in [1.82, 2.24) is 5.32 Å². The first-order valence-corrected chi connectivity index (χ1v) is 5.88. The van der Waals surface area contributed by atoms with Crippen LogP contribution in [0.5, 0.6) is 0 Å². The maximum absolute atomic E-state index is 12.3. The normalized spacial score (nSPS) is 12.3. The van der Waals surface area contributed by atoms with E-state index < -0.39 is 24.7 Å². The molecule has 1 aromatic carbocycles. The maximum atomic E-state index is 12.3. The molecule has 0 radical (unpaired) electrons. The summed E-state index contributed by atoms with van der Waals surface area (Å²) in [5, 5.41) is 2.12. The van der Waals surface area contributed by atoms with Crippen molar-refractivity contribution in [3.8, 4) is 12.3 Å². The molecule has 0 aliphatic rings. The van der Waals surface area contributed by atoms with Crippen LogP contribution in [-0.4, -0.2) is 18.3 Å². The molecule has 0 heterocycles. The van der Waals surface area contributed by atoms with E-state index in [1.807, 2.05) is 0 Å². The van der Waals surface area contributed by atoms with Gasteiger partial charge in [-0.1, -0.05) is 30.3 Å². The molecule has 1 aromatic rings. The van der Waals surface area contributed by atoms with Crippen LogP contribution in [0.2, 0.25) is 0 Å². The zero-order chi connectivity index (χ0) is 15.0. The standard InChI is InChI=1S/C14H14F3NO2/c1-2-6-12(9-14(15,16)17)18-13(19)20-10-11-7-4-3-5-8-11/h1,3-5,7-8,12H,6,9-10H2,(H,18,19). The average Bonchev–Trinajstić information content (AvgIpc) is 2.36. The molecular formula is C14H14F3NO2. The number of carbonyl (C=O) groups is 1. The minimum atomic E-state index is -4.39. The van der Waals surface area contributed by atoms with E-state index in [9.17, 15) is 18.0 Å². The van der Waals surface area contributed by atoms with Gasteiger partial charge in [-0.15, -0.1) is 12.3 Å². The Morgan fingerprint density at radius 1 is 1.35 bits per heavy atom. The van der Waals surface area contributed by atoms with Crippen LogP contribution in [0.3, 0.4) is 0 Å². The molecule has 20 heavy (non-hydrogen) atoms. The molecule has 1 rings (SSSR count). The van der Waals surface area contributed by atoms with Crippen LogP contribution in [0.25, 0.3) is 0 Å². The highest BCUT2D eigenvalue weighted by atomic mass is 19.4. The van der Waals surface area contributed by atoms with Gasteiger partial charge in [0.2, 0.25) is 0 Å². The van der Waals surface area contributed by atoms with Gasteiger partial charge in [0, 0.05) is 6.42 Å². The molecule has 0 bridgehead atoms. The highest BCUT2D eigenvalue weighted by molar-refractivity contribution is 5.67. The summed E-state index contributed by atoms with van der Waals surface area (Å²) in [6.07, 6.45) is -1.72. The maximum Gasteiger partial charge on any atom is 0.407 e. The van der Waals surface area contributed by atoms with Gasteiger partial charge >= 0.3 is 12.3 Å². The molecule has 3 nitrogen and oxygen atoms in total. The lowest BCUT2D eigenvalue weighted by molar-refractivity contribution is -0.139. The van der Waals surface area contributed by atoms with Gasteiger partial charge in [0.05, 0.1) is 12.5 Å². The van der Waals surface area contributed by atoms with Gasteiger partial charge in [-0.3, -0.25) is 0 Å². The Labute approximate surface area is 115 Å². The van der Waals surface area contributed by atoms with E-state index >= 15 is 0 Å². The summed E-state index contributed by atoms with van der Waals surface area (Å²) in [6, 6.07) is 7.63. The van der Waals surface area contributed by atoms with Gasteiger partial charge < -0.3 is 10.1 Å². The second-order valence-corrected chi connectivity index (χ2v) is 4.13. The van der Waals surface area contributed by atoms with Crippen molar-refractivity contribution in [3.05, 3.63) is 35.9 Å². The number of hydrogen-bond donors (Lipinski definition) is 1. The number of carbonyl (C=O) groups excluding carboxylic acids is 1. The molecule has 6 heteroatoms. The average molecular weight is 285 g/mol. The van der Waals surface area contributed by atoms with Crippen molar-refractivity contribution in [2.45, 2.75) is 31.7 Å². The molecular weight excluding hydrogens is 271 g/mol. The molecule has 0 spiro atoms. The molecule has 1 unspecified atom stereocenters. The SMILES string of the molecule is C#CCC(CC(F)(F)F)NC(=O)OCc1ccccc1. The molecule has 0 aliphatic heterocycles. The zero-order valence-corrected chi connectivity index (χ0v) is 10.6. The highest BCUT2D eigenvalue weighted by Gasteiger charge is 2.32. The fraction of sp³-hybridized carbons (Fsp3) is 0.357. The van der Waals surface area contributed by atoms with Gasteiger partial charge in [-0.25, -0.2) is 4.79 Å². The summed E-state index contributed by atoms with van der Waals surface area (Å²) in [6.45, 7) is -0.0124. The zero-order valence-electron chi connectivity index (χ0n) is 10.6. The molecule has 1 N–H and O–H groups in total. The van der Waals surface area contributed by atoms with Gasteiger partial charge in [-0.05, 0) is 5.56 Å². The quantitative estimate of drug-likeness (QED) is 0.843. The topological polar surface area (TPSA) is 38.3 Å². The summed E-state index contributed by atoms with van der Waals surface area (Å²) in [4.78, 5) is 11.4. The lowest BCUT2D eigenvalue weighted by Crippen LogP contribution is -2.38. The Morgan fingerprint density at radius 3 is 2.55 bits per heavy atom. The molecule has 1 atom stereocenters. The Hall–Kier alpha value is -2.16. The number of alkyl halides is 3. The van der Waals surface area contributed by atoms with Gasteiger partial charge in [0.15, 0.2) is 0 Å². The number of alkyl carbamates (subject to hydrolysis) is 1. The van der Waals surface area contributed by atoms with Crippen molar-refractivity contribution < 1.29 is 22.7 Å². The first-order chi connectivity index (χ1) is 9.40. The monoisotopic (exact) mass is 285 g/mol. The van der Waals surface area contributed by atoms with E-state index in [0.29, 0.717) is 0 Å². The number of nitrogens with one attached hydrogen (secondary N) is 1. The minimum Gasteiger partial charge on any atom is -0.445 e. The van der Waals surface area contributed by atoms with Crippen molar-refractivity contribution >= 4 is 6.09 Å². The number of amides is 1. The lowest BCUT2D eigenvalue weighted by atomic mass is 10.1. The third-order valence-electron chi connectivity index (χ3n) is 2.38. The van der Waals surface area contributed by atoms with Crippen LogP contribution in [0.1, 0.15) is 18.4 Å². The van der Waals surface area contributed by atoms with Crippen molar-refractivity contribution in [2.24, 2.45) is 0 Å². The van der Waals surface area contributed by atoms with E-state index in [1.54, 1.807) is 30.3 Å².